The summed E-state index contributed by atoms with van der Waals surface area (Å²) in [5, 5.41) is 2.31. The van der Waals surface area contributed by atoms with Gasteiger partial charge in [-0.2, -0.15) is 13.2 Å². The molecule has 1 aromatic rings. The van der Waals surface area contributed by atoms with Crippen LogP contribution in [-0.4, -0.2) is 30.3 Å². The number of hydrogen-bond donors (Lipinski definition) is 1. The summed E-state index contributed by atoms with van der Waals surface area (Å²) in [5.41, 5.74) is -0.899. The highest BCUT2D eigenvalue weighted by molar-refractivity contribution is 9.10. The third-order valence-electron chi connectivity index (χ3n) is 2.44. The van der Waals surface area contributed by atoms with Gasteiger partial charge in [-0.25, -0.2) is 0 Å². The number of anilines is 1. The molecule has 0 aliphatic rings. The fourth-order valence-corrected chi connectivity index (χ4v) is 1.97. The van der Waals surface area contributed by atoms with E-state index in [1.165, 1.54) is 13.1 Å². The molecule has 4 nitrogen and oxygen atoms in total. The third-order valence-corrected chi connectivity index (χ3v) is 2.90. The lowest BCUT2D eigenvalue weighted by molar-refractivity contribution is -0.137. The van der Waals surface area contributed by atoms with E-state index in [-0.39, 0.29) is 16.7 Å². The van der Waals surface area contributed by atoms with Crippen LogP contribution >= 0.6 is 15.9 Å². The fourth-order valence-electron chi connectivity index (χ4n) is 1.48. The maximum Gasteiger partial charge on any atom is 0.416 e. The lowest BCUT2D eigenvalue weighted by atomic mass is 10.2. The van der Waals surface area contributed by atoms with E-state index in [0.717, 1.165) is 23.1 Å². The predicted octanol–water partition coefficient (Wildman–Crippen LogP) is 3.05. The predicted molar refractivity (Wildman–Crippen MR) is 75.6 cm³/mol. The van der Waals surface area contributed by atoms with Crippen molar-refractivity contribution in [3.05, 3.63) is 40.9 Å². The van der Waals surface area contributed by atoms with E-state index in [4.69, 9.17) is 0 Å². The molecule has 0 fully saturated rings. The summed E-state index contributed by atoms with van der Waals surface area (Å²) in [7, 11) is 1.38. The maximum atomic E-state index is 12.6. The number of amides is 2. The van der Waals surface area contributed by atoms with Crippen LogP contribution in [0.4, 0.5) is 18.9 Å². The molecule has 0 radical (unpaired) electrons. The van der Waals surface area contributed by atoms with Gasteiger partial charge < -0.3 is 10.2 Å². The molecule has 0 bridgehead atoms. The van der Waals surface area contributed by atoms with Crippen LogP contribution < -0.4 is 5.32 Å². The molecule has 0 saturated carbocycles. The van der Waals surface area contributed by atoms with Gasteiger partial charge in [0.1, 0.15) is 0 Å². The molecule has 0 spiro atoms. The van der Waals surface area contributed by atoms with Crippen molar-refractivity contribution in [1.29, 1.82) is 0 Å². The highest BCUT2D eigenvalue weighted by atomic mass is 79.9. The van der Waals surface area contributed by atoms with E-state index in [0.29, 0.717) is 0 Å². The fraction of sp³-hybridized carbons (Fsp3) is 0.231. The Morgan fingerprint density at radius 1 is 1.38 bits per heavy atom. The molecule has 21 heavy (non-hydrogen) atoms. The number of likely N-dealkylation sites (N-methyl/N-ethyl adjacent to an activating group) is 1. The van der Waals surface area contributed by atoms with Gasteiger partial charge in [-0.1, -0.05) is 22.5 Å². The van der Waals surface area contributed by atoms with Crippen LogP contribution in [0.15, 0.2) is 35.3 Å². The molecule has 1 aromatic carbocycles. The Labute approximate surface area is 127 Å². The smallest absolute Gasteiger partial charge is 0.333 e. The number of carbonyl (C=O) groups excluding carboxylic acids is 2. The largest absolute Gasteiger partial charge is 0.416 e. The Bertz CT molecular complexity index is 573. The molecule has 0 unspecified atom stereocenters. The summed E-state index contributed by atoms with van der Waals surface area (Å²) in [5.74, 6) is -1.07. The van der Waals surface area contributed by atoms with Crippen LogP contribution in [0.2, 0.25) is 0 Å². The first kappa shape index (κ1) is 17.2. The van der Waals surface area contributed by atoms with Gasteiger partial charge in [0.2, 0.25) is 11.8 Å². The van der Waals surface area contributed by atoms with Crippen LogP contribution in [-0.2, 0) is 15.8 Å². The second-order valence-electron chi connectivity index (χ2n) is 4.17. The van der Waals surface area contributed by atoms with Crippen molar-refractivity contribution in [2.75, 3.05) is 18.9 Å². The zero-order chi connectivity index (χ0) is 16.2. The average molecular weight is 365 g/mol. The van der Waals surface area contributed by atoms with Crippen molar-refractivity contribution in [3.8, 4) is 0 Å². The lowest BCUT2D eigenvalue weighted by Gasteiger charge is -2.15. The summed E-state index contributed by atoms with van der Waals surface area (Å²) in [6.07, 6.45) is -3.48. The maximum absolute atomic E-state index is 12.6. The van der Waals surface area contributed by atoms with E-state index in [1.807, 2.05) is 0 Å². The zero-order valence-corrected chi connectivity index (χ0v) is 12.6. The number of alkyl halides is 3. The first-order valence-electron chi connectivity index (χ1n) is 5.68. The summed E-state index contributed by atoms with van der Waals surface area (Å²) in [6.45, 7) is 2.98. The van der Waals surface area contributed by atoms with Crippen molar-refractivity contribution < 1.29 is 22.8 Å². The molecule has 1 N–H and O–H groups in total. The van der Waals surface area contributed by atoms with Gasteiger partial charge in [0, 0.05) is 17.2 Å². The topological polar surface area (TPSA) is 49.4 Å². The molecule has 8 heteroatoms. The highest BCUT2D eigenvalue weighted by Crippen LogP contribution is 2.33. The van der Waals surface area contributed by atoms with E-state index < -0.39 is 23.6 Å². The second-order valence-corrected chi connectivity index (χ2v) is 5.09. The number of rotatable bonds is 4. The van der Waals surface area contributed by atoms with Gasteiger partial charge >= 0.3 is 6.18 Å². The van der Waals surface area contributed by atoms with Crippen molar-refractivity contribution in [3.63, 3.8) is 0 Å². The summed E-state index contributed by atoms with van der Waals surface area (Å²) in [6, 6.07) is 3.06. The van der Waals surface area contributed by atoms with E-state index in [1.54, 1.807) is 0 Å². The van der Waals surface area contributed by atoms with Gasteiger partial charge in [0.25, 0.3) is 0 Å². The van der Waals surface area contributed by atoms with Crippen LogP contribution in [0.5, 0.6) is 0 Å². The molecule has 114 valence electrons. The average Bonchev–Trinajstić information content (AvgIpc) is 2.35. The van der Waals surface area contributed by atoms with Gasteiger partial charge in [-0.15, -0.1) is 0 Å². The molecule has 0 saturated heterocycles. The Kier molecular flexibility index (Phi) is 5.54. The molecule has 0 heterocycles. The summed E-state index contributed by atoms with van der Waals surface area (Å²) >= 11 is 2.95. The van der Waals surface area contributed by atoms with Crippen LogP contribution in [0.25, 0.3) is 0 Å². The monoisotopic (exact) mass is 364 g/mol. The number of nitrogens with zero attached hydrogens (tertiary/aromatic N) is 1. The van der Waals surface area contributed by atoms with Crippen molar-refractivity contribution >= 4 is 33.4 Å². The Morgan fingerprint density at radius 2 is 2.00 bits per heavy atom. The molecular weight excluding hydrogens is 353 g/mol. The Morgan fingerprint density at radius 3 is 2.52 bits per heavy atom. The number of benzene rings is 1. The van der Waals surface area contributed by atoms with Crippen molar-refractivity contribution in [2.24, 2.45) is 0 Å². The first-order chi connectivity index (χ1) is 9.63. The molecule has 2 amide bonds. The highest BCUT2D eigenvalue weighted by Gasteiger charge is 2.31. The molecule has 0 aliphatic heterocycles. The van der Waals surface area contributed by atoms with Gasteiger partial charge in [-0.3, -0.25) is 9.59 Å². The number of halogens is 4. The number of nitrogens with one attached hydrogen (secondary N) is 1. The zero-order valence-electron chi connectivity index (χ0n) is 11.0. The number of hydrogen-bond acceptors (Lipinski definition) is 2. The van der Waals surface area contributed by atoms with Crippen molar-refractivity contribution in [1.82, 2.24) is 4.90 Å². The minimum absolute atomic E-state index is 0.0128. The van der Waals surface area contributed by atoms with E-state index in [9.17, 15) is 22.8 Å². The molecular formula is C13H12BrF3N2O2. The van der Waals surface area contributed by atoms with Crippen molar-refractivity contribution in [2.45, 2.75) is 6.18 Å². The van der Waals surface area contributed by atoms with Crippen LogP contribution in [0, 0.1) is 0 Å². The van der Waals surface area contributed by atoms with Gasteiger partial charge in [0.15, 0.2) is 0 Å². The molecule has 0 aromatic heterocycles. The normalized spacial score (nSPS) is 10.9. The Hall–Kier alpha value is -1.83. The standard InChI is InChI=1S/C13H12BrF3N2O2/c1-3-12(21)19(2)7-11(20)18-10-5-8(13(15,16)17)4-9(14)6-10/h3-6H,1,7H2,2H3,(H,18,20). The van der Waals surface area contributed by atoms with Gasteiger partial charge in [0.05, 0.1) is 12.1 Å². The Balaban J connectivity index is 2.84. The number of carbonyl (C=O) groups is 2. The van der Waals surface area contributed by atoms with E-state index >= 15 is 0 Å². The molecule has 1 rings (SSSR count). The van der Waals surface area contributed by atoms with Crippen LogP contribution in [0.1, 0.15) is 5.56 Å². The van der Waals surface area contributed by atoms with E-state index in [2.05, 4.69) is 27.8 Å². The molecule has 0 atom stereocenters. The molecule has 0 aliphatic carbocycles. The minimum atomic E-state index is -4.52. The van der Waals surface area contributed by atoms with Gasteiger partial charge in [-0.05, 0) is 24.3 Å². The SMILES string of the molecule is C=CC(=O)N(C)CC(=O)Nc1cc(Br)cc(C(F)(F)F)c1. The lowest BCUT2D eigenvalue weighted by Crippen LogP contribution is -2.33. The third kappa shape index (κ3) is 5.22. The first-order valence-corrected chi connectivity index (χ1v) is 6.48. The summed E-state index contributed by atoms with van der Waals surface area (Å²) in [4.78, 5) is 24.0. The second kappa shape index (κ2) is 6.75. The van der Waals surface area contributed by atoms with Crippen LogP contribution in [0.3, 0.4) is 0 Å². The minimum Gasteiger partial charge on any atom is -0.333 e. The quantitative estimate of drug-likeness (QED) is 0.834. The summed E-state index contributed by atoms with van der Waals surface area (Å²) < 4.78 is 38.1.